The van der Waals surface area contributed by atoms with Gasteiger partial charge >= 0.3 is 5.97 Å². The summed E-state index contributed by atoms with van der Waals surface area (Å²) < 4.78 is 0. The first-order chi connectivity index (χ1) is 7.66. The summed E-state index contributed by atoms with van der Waals surface area (Å²) in [5.41, 5.74) is 0.286. The molecule has 0 aromatic heterocycles. The van der Waals surface area contributed by atoms with E-state index in [1.165, 1.54) is 11.8 Å². The molecule has 16 heavy (non-hydrogen) atoms. The number of carbonyl (C=O) groups excluding carboxylic acids is 1. The highest BCUT2D eigenvalue weighted by Crippen LogP contribution is 2.30. The molecule has 4 nitrogen and oxygen atoms in total. The van der Waals surface area contributed by atoms with Crippen LogP contribution in [0.4, 0.5) is 0 Å². The fourth-order valence-corrected chi connectivity index (χ4v) is 2.75. The molecule has 0 aliphatic carbocycles. The Kier molecular flexibility index (Phi) is 3.14. The van der Waals surface area contributed by atoms with Crippen molar-refractivity contribution in [1.82, 2.24) is 5.32 Å². The molecule has 1 aliphatic heterocycles. The molecule has 1 aromatic rings. The third-order valence-electron chi connectivity index (χ3n) is 2.34. The Morgan fingerprint density at radius 1 is 1.44 bits per heavy atom. The summed E-state index contributed by atoms with van der Waals surface area (Å²) in [6.07, 6.45) is 1.27. The predicted molar refractivity (Wildman–Crippen MR) is 60.4 cm³/mol. The van der Waals surface area contributed by atoms with E-state index in [1.807, 2.05) is 0 Å². The second kappa shape index (κ2) is 4.57. The minimum Gasteiger partial charge on any atom is -0.478 e. The van der Waals surface area contributed by atoms with Crippen molar-refractivity contribution in [3.8, 4) is 0 Å². The van der Waals surface area contributed by atoms with Crippen LogP contribution >= 0.6 is 11.8 Å². The highest BCUT2D eigenvalue weighted by molar-refractivity contribution is 8.00. The highest BCUT2D eigenvalue weighted by Gasteiger charge is 2.23. The number of nitrogens with one attached hydrogen (secondary N) is 1. The number of aromatic carboxylic acids is 1. The van der Waals surface area contributed by atoms with E-state index in [1.54, 1.807) is 24.3 Å². The topological polar surface area (TPSA) is 66.4 Å². The lowest BCUT2D eigenvalue weighted by Gasteiger charge is -2.11. The molecule has 2 N–H and O–H groups in total. The van der Waals surface area contributed by atoms with Crippen LogP contribution in [-0.2, 0) is 4.79 Å². The molecule has 1 saturated heterocycles. The molecule has 1 amide bonds. The molecule has 5 heteroatoms. The van der Waals surface area contributed by atoms with Gasteiger partial charge in [-0.15, -0.1) is 11.8 Å². The number of thioether (sulfide) groups is 1. The summed E-state index contributed by atoms with van der Waals surface area (Å²) in [4.78, 5) is 22.7. The van der Waals surface area contributed by atoms with E-state index < -0.39 is 5.97 Å². The minimum atomic E-state index is -0.938. The molecule has 0 radical (unpaired) electrons. The predicted octanol–water partition coefficient (Wildman–Crippen LogP) is 1.71. The number of carboxylic acid groups (broad SMARTS) is 1. The molecule has 0 saturated carbocycles. The van der Waals surface area contributed by atoms with Crippen LogP contribution in [0.3, 0.4) is 0 Å². The number of carbonyl (C=O) groups is 2. The van der Waals surface area contributed by atoms with Gasteiger partial charge in [0.2, 0.25) is 5.91 Å². The molecule has 1 heterocycles. The number of amides is 1. The van der Waals surface area contributed by atoms with Crippen LogP contribution in [0.1, 0.15) is 23.2 Å². The first-order valence-electron chi connectivity index (χ1n) is 4.95. The van der Waals surface area contributed by atoms with Crippen molar-refractivity contribution in [2.75, 3.05) is 0 Å². The third-order valence-corrected chi connectivity index (χ3v) is 3.59. The first-order valence-corrected chi connectivity index (χ1v) is 5.83. The maximum Gasteiger partial charge on any atom is 0.336 e. The molecule has 84 valence electrons. The van der Waals surface area contributed by atoms with E-state index in [0.717, 1.165) is 6.42 Å². The maximum atomic E-state index is 11.0. The van der Waals surface area contributed by atoms with Gasteiger partial charge in [-0.25, -0.2) is 4.79 Å². The quantitative estimate of drug-likeness (QED) is 0.840. The summed E-state index contributed by atoms with van der Waals surface area (Å²) in [7, 11) is 0. The third kappa shape index (κ3) is 2.36. The van der Waals surface area contributed by atoms with Gasteiger partial charge in [0.15, 0.2) is 0 Å². The van der Waals surface area contributed by atoms with Crippen molar-refractivity contribution in [3.05, 3.63) is 29.8 Å². The lowest BCUT2D eigenvalue weighted by Crippen LogP contribution is -2.22. The summed E-state index contributed by atoms with van der Waals surface area (Å²) in [6.45, 7) is 0. The van der Waals surface area contributed by atoms with Crippen LogP contribution in [0.15, 0.2) is 29.2 Å². The van der Waals surface area contributed by atoms with E-state index in [4.69, 9.17) is 5.11 Å². The van der Waals surface area contributed by atoms with E-state index in [0.29, 0.717) is 11.3 Å². The molecular weight excluding hydrogens is 226 g/mol. The molecule has 1 unspecified atom stereocenters. The summed E-state index contributed by atoms with van der Waals surface area (Å²) in [5.74, 6) is -0.905. The molecule has 1 aliphatic rings. The lowest BCUT2D eigenvalue weighted by molar-refractivity contribution is -0.119. The van der Waals surface area contributed by atoms with Crippen LogP contribution in [0.5, 0.6) is 0 Å². The van der Waals surface area contributed by atoms with E-state index in [9.17, 15) is 9.59 Å². The van der Waals surface area contributed by atoms with Crippen molar-refractivity contribution in [3.63, 3.8) is 0 Å². The van der Waals surface area contributed by atoms with Crippen LogP contribution in [0.25, 0.3) is 0 Å². The summed E-state index contributed by atoms with van der Waals surface area (Å²) in [6, 6.07) is 6.83. The van der Waals surface area contributed by atoms with Crippen LogP contribution in [0.2, 0.25) is 0 Å². The normalized spacial score (nSPS) is 19.5. The van der Waals surface area contributed by atoms with Crippen LogP contribution in [-0.4, -0.2) is 22.4 Å². The fourth-order valence-electron chi connectivity index (χ4n) is 1.57. The Balaban J connectivity index is 2.14. The number of hydrogen-bond donors (Lipinski definition) is 2. The molecule has 1 fully saturated rings. The standard InChI is InChI=1S/C11H11NO3S/c13-9-5-6-10(12-9)16-8-4-2-1-3-7(8)11(14)15/h1-4,10H,5-6H2,(H,12,13)(H,14,15). The second-order valence-electron chi connectivity index (χ2n) is 3.51. The molecule has 0 spiro atoms. The zero-order chi connectivity index (χ0) is 11.5. The maximum absolute atomic E-state index is 11.0. The van der Waals surface area contributed by atoms with E-state index in [2.05, 4.69) is 5.32 Å². The molecular formula is C11H11NO3S. The Labute approximate surface area is 97.0 Å². The smallest absolute Gasteiger partial charge is 0.336 e. The number of benzene rings is 1. The van der Waals surface area contributed by atoms with Gasteiger partial charge in [0.25, 0.3) is 0 Å². The van der Waals surface area contributed by atoms with Crippen LogP contribution < -0.4 is 5.32 Å². The van der Waals surface area contributed by atoms with Crippen molar-refractivity contribution in [2.24, 2.45) is 0 Å². The van der Waals surface area contributed by atoms with Crippen LogP contribution in [0, 0.1) is 0 Å². The van der Waals surface area contributed by atoms with Gasteiger partial charge in [-0.1, -0.05) is 12.1 Å². The largest absolute Gasteiger partial charge is 0.478 e. The SMILES string of the molecule is O=C1CCC(Sc2ccccc2C(=O)O)N1. The number of carboxylic acids is 1. The van der Waals surface area contributed by atoms with Crippen molar-refractivity contribution in [1.29, 1.82) is 0 Å². The van der Waals surface area contributed by atoms with Gasteiger partial charge in [-0.3, -0.25) is 4.79 Å². The summed E-state index contributed by atoms with van der Waals surface area (Å²) >= 11 is 1.40. The Bertz CT molecular complexity index is 433. The summed E-state index contributed by atoms with van der Waals surface area (Å²) in [5, 5.41) is 11.8. The van der Waals surface area contributed by atoms with Gasteiger partial charge in [-0.05, 0) is 18.6 Å². The van der Waals surface area contributed by atoms with Gasteiger partial charge < -0.3 is 10.4 Å². The highest BCUT2D eigenvalue weighted by atomic mass is 32.2. The van der Waals surface area contributed by atoms with Gasteiger partial charge in [0.1, 0.15) is 0 Å². The van der Waals surface area contributed by atoms with Crippen molar-refractivity contribution < 1.29 is 14.7 Å². The molecule has 1 aromatic carbocycles. The van der Waals surface area contributed by atoms with Crippen molar-refractivity contribution >= 4 is 23.6 Å². The molecule has 1 atom stereocenters. The van der Waals surface area contributed by atoms with Gasteiger partial charge in [0.05, 0.1) is 10.9 Å². The van der Waals surface area contributed by atoms with Crippen molar-refractivity contribution in [2.45, 2.75) is 23.1 Å². The average molecular weight is 237 g/mol. The first kappa shape index (κ1) is 11.0. The lowest BCUT2D eigenvalue weighted by atomic mass is 10.2. The Morgan fingerprint density at radius 2 is 2.19 bits per heavy atom. The zero-order valence-corrected chi connectivity index (χ0v) is 9.29. The zero-order valence-electron chi connectivity index (χ0n) is 8.47. The fraction of sp³-hybridized carbons (Fsp3) is 0.273. The molecule has 0 bridgehead atoms. The Hall–Kier alpha value is -1.49. The Morgan fingerprint density at radius 3 is 2.81 bits per heavy atom. The minimum absolute atomic E-state index is 0.00648. The van der Waals surface area contributed by atoms with E-state index >= 15 is 0 Å². The number of rotatable bonds is 3. The monoisotopic (exact) mass is 237 g/mol. The van der Waals surface area contributed by atoms with E-state index in [-0.39, 0.29) is 16.8 Å². The number of hydrogen-bond acceptors (Lipinski definition) is 3. The van der Waals surface area contributed by atoms with Gasteiger partial charge in [0, 0.05) is 11.3 Å². The average Bonchev–Trinajstić information content (AvgIpc) is 2.64. The van der Waals surface area contributed by atoms with Gasteiger partial charge in [-0.2, -0.15) is 0 Å². The molecule has 2 rings (SSSR count). The second-order valence-corrected chi connectivity index (χ2v) is 4.76.